The molecule has 2 atom stereocenters. The van der Waals surface area contributed by atoms with Crippen molar-refractivity contribution in [3.05, 3.63) is 59.7 Å². The number of hydrogen-bond donors (Lipinski definition) is 2. The van der Waals surface area contributed by atoms with E-state index in [1.54, 1.807) is 18.2 Å². The molecule has 0 saturated heterocycles. The van der Waals surface area contributed by atoms with Gasteiger partial charge in [0.1, 0.15) is 0 Å². The Bertz CT molecular complexity index is 623. The van der Waals surface area contributed by atoms with Gasteiger partial charge in [0.05, 0.1) is 0 Å². The lowest BCUT2D eigenvalue weighted by Crippen LogP contribution is -2.20. The molecule has 3 N–H and O–H groups in total. The van der Waals surface area contributed by atoms with Crippen molar-refractivity contribution < 1.29 is 18.3 Å². The normalized spacial score (nSPS) is 14.8. The molecule has 0 amide bonds. The monoisotopic (exact) mass is 295 g/mol. The van der Waals surface area contributed by atoms with Gasteiger partial charge in [-0.05, 0) is 41.3 Å². The molecule has 2 aromatic rings. The number of alkyl halides is 3. The predicted octanol–water partition coefficient (Wildman–Crippen LogP) is 3.97. The second-order valence-electron chi connectivity index (χ2n) is 4.98. The highest BCUT2D eigenvalue weighted by Crippen LogP contribution is 2.34. The fraction of sp³-hybridized carbons (Fsp3) is 0.250. The predicted molar refractivity (Wildman–Crippen MR) is 75.5 cm³/mol. The van der Waals surface area contributed by atoms with Crippen LogP contribution >= 0.6 is 0 Å². The van der Waals surface area contributed by atoms with Crippen molar-refractivity contribution in [3.8, 4) is 11.1 Å². The molecule has 5 heteroatoms. The van der Waals surface area contributed by atoms with E-state index in [2.05, 4.69) is 0 Å². The molecule has 2 nitrogen and oxygen atoms in total. The minimum Gasteiger partial charge on any atom is -0.379 e. The van der Waals surface area contributed by atoms with Crippen LogP contribution in [-0.2, 0) is 0 Å². The Morgan fingerprint density at radius 1 is 0.952 bits per heavy atom. The summed E-state index contributed by atoms with van der Waals surface area (Å²) in [6.07, 6.45) is -7.15. The van der Waals surface area contributed by atoms with Crippen LogP contribution in [0.15, 0.2) is 48.5 Å². The number of rotatable bonds is 3. The molecule has 1 unspecified atom stereocenters. The van der Waals surface area contributed by atoms with Crippen molar-refractivity contribution in [2.45, 2.75) is 25.2 Å². The number of aliphatic hydroxyl groups is 1. The molecule has 0 aliphatic heterocycles. The van der Waals surface area contributed by atoms with Crippen LogP contribution in [-0.4, -0.2) is 11.3 Å². The van der Waals surface area contributed by atoms with Gasteiger partial charge in [-0.3, -0.25) is 0 Å². The Morgan fingerprint density at radius 2 is 1.43 bits per heavy atom. The molecule has 0 heterocycles. The Morgan fingerprint density at radius 3 is 1.90 bits per heavy atom. The number of benzene rings is 2. The summed E-state index contributed by atoms with van der Waals surface area (Å²) in [5, 5.41) is 9.33. The highest BCUT2D eigenvalue weighted by atomic mass is 19.4. The van der Waals surface area contributed by atoms with E-state index in [0.29, 0.717) is 5.56 Å². The van der Waals surface area contributed by atoms with E-state index in [1.807, 2.05) is 19.1 Å². The van der Waals surface area contributed by atoms with E-state index in [-0.39, 0.29) is 11.6 Å². The van der Waals surface area contributed by atoms with Gasteiger partial charge < -0.3 is 10.8 Å². The molecule has 0 aliphatic rings. The van der Waals surface area contributed by atoms with Crippen LogP contribution in [0.5, 0.6) is 0 Å². The third kappa shape index (κ3) is 3.62. The standard InChI is InChI=1S/C16H16F3NO/c1-10(20)11-4-2-5-12(8-11)13-6-3-7-14(9-13)15(21)16(17,18)19/h2-10,15,21H,20H2,1H3/t10-,15?/m1/s1. The number of halogens is 3. The maximum absolute atomic E-state index is 12.6. The molecule has 2 aromatic carbocycles. The molecule has 0 saturated carbocycles. The van der Waals surface area contributed by atoms with Crippen molar-refractivity contribution in [1.82, 2.24) is 0 Å². The van der Waals surface area contributed by atoms with Gasteiger partial charge in [-0.1, -0.05) is 36.4 Å². The van der Waals surface area contributed by atoms with Gasteiger partial charge in [0.25, 0.3) is 0 Å². The molecular weight excluding hydrogens is 279 g/mol. The van der Waals surface area contributed by atoms with Crippen LogP contribution in [0, 0.1) is 0 Å². The first kappa shape index (κ1) is 15.5. The lowest BCUT2D eigenvalue weighted by molar-refractivity contribution is -0.206. The molecule has 0 fully saturated rings. The third-order valence-corrected chi connectivity index (χ3v) is 3.26. The smallest absolute Gasteiger partial charge is 0.379 e. The first-order valence-electron chi connectivity index (χ1n) is 6.49. The topological polar surface area (TPSA) is 46.2 Å². The van der Waals surface area contributed by atoms with Crippen LogP contribution in [0.2, 0.25) is 0 Å². The van der Waals surface area contributed by atoms with Gasteiger partial charge in [0, 0.05) is 6.04 Å². The van der Waals surface area contributed by atoms with Crippen molar-refractivity contribution in [2.24, 2.45) is 5.73 Å². The fourth-order valence-electron chi connectivity index (χ4n) is 2.08. The zero-order valence-corrected chi connectivity index (χ0v) is 11.4. The van der Waals surface area contributed by atoms with Gasteiger partial charge in [-0.15, -0.1) is 0 Å². The number of nitrogens with two attached hydrogens (primary N) is 1. The molecule has 21 heavy (non-hydrogen) atoms. The Balaban J connectivity index is 2.40. The first-order valence-corrected chi connectivity index (χ1v) is 6.49. The van der Waals surface area contributed by atoms with Crippen LogP contribution < -0.4 is 5.73 Å². The molecule has 0 radical (unpaired) electrons. The number of aliphatic hydroxyl groups excluding tert-OH is 1. The van der Waals surface area contributed by atoms with E-state index in [9.17, 15) is 18.3 Å². The van der Waals surface area contributed by atoms with E-state index in [0.717, 1.165) is 11.1 Å². The molecular formula is C16H16F3NO. The Hall–Kier alpha value is -1.85. The highest BCUT2D eigenvalue weighted by Gasteiger charge is 2.39. The van der Waals surface area contributed by atoms with Gasteiger partial charge in [-0.2, -0.15) is 13.2 Å². The lowest BCUT2D eigenvalue weighted by Gasteiger charge is -2.16. The van der Waals surface area contributed by atoms with Gasteiger partial charge in [-0.25, -0.2) is 0 Å². The molecule has 112 valence electrons. The van der Waals surface area contributed by atoms with Gasteiger partial charge >= 0.3 is 6.18 Å². The molecule has 2 rings (SSSR count). The molecule has 0 aliphatic carbocycles. The minimum atomic E-state index is -4.67. The van der Waals surface area contributed by atoms with Gasteiger partial charge in [0.15, 0.2) is 6.10 Å². The van der Waals surface area contributed by atoms with E-state index in [4.69, 9.17) is 5.73 Å². The fourth-order valence-corrected chi connectivity index (χ4v) is 2.08. The average molecular weight is 295 g/mol. The van der Waals surface area contributed by atoms with Crippen LogP contribution in [0.1, 0.15) is 30.2 Å². The van der Waals surface area contributed by atoms with Crippen molar-refractivity contribution >= 4 is 0 Å². The molecule has 0 aromatic heterocycles. The lowest BCUT2D eigenvalue weighted by atomic mass is 9.97. The molecule has 0 spiro atoms. The van der Waals surface area contributed by atoms with Crippen molar-refractivity contribution in [3.63, 3.8) is 0 Å². The zero-order valence-electron chi connectivity index (χ0n) is 11.4. The summed E-state index contributed by atoms with van der Waals surface area (Å²) in [5.41, 5.74) is 7.90. The summed E-state index contributed by atoms with van der Waals surface area (Å²) in [6, 6.07) is 13.0. The quantitative estimate of drug-likeness (QED) is 0.900. The van der Waals surface area contributed by atoms with Crippen LogP contribution in [0.4, 0.5) is 13.2 Å². The zero-order chi connectivity index (χ0) is 15.6. The second kappa shape index (κ2) is 5.87. The van der Waals surface area contributed by atoms with Crippen molar-refractivity contribution in [1.29, 1.82) is 0 Å². The van der Waals surface area contributed by atoms with E-state index >= 15 is 0 Å². The molecule has 0 bridgehead atoms. The maximum atomic E-state index is 12.6. The summed E-state index contributed by atoms with van der Waals surface area (Å²) in [5.74, 6) is 0. The van der Waals surface area contributed by atoms with E-state index < -0.39 is 12.3 Å². The van der Waals surface area contributed by atoms with Crippen LogP contribution in [0.3, 0.4) is 0 Å². The SMILES string of the molecule is C[C@@H](N)c1cccc(-c2cccc(C(O)C(F)(F)F)c2)c1. The van der Waals surface area contributed by atoms with Crippen LogP contribution in [0.25, 0.3) is 11.1 Å². The highest BCUT2D eigenvalue weighted by molar-refractivity contribution is 5.65. The largest absolute Gasteiger partial charge is 0.418 e. The average Bonchev–Trinajstić information content (AvgIpc) is 2.45. The van der Waals surface area contributed by atoms with Crippen molar-refractivity contribution in [2.75, 3.05) is 0 Å². The van der Waals surface area contributed by atoms with Gasteiger partial charge in [0.2, 0.25) is 0 Å². The summed E-state index contributed by atoms with van der Waals surface area (Å²) in [7, 11) is 0. The number of hydrogen-bond acceptors (Lipinski definition) is 2. The second-order valence-corrected chi connectivity index (χ2v) is 4.98. The maximum Gasteiger partial charge on any atom is 0.418 e. The Kier molecular flexibility index (Phi) is 4.34. The summed E-state index contributed by atoms with van der Waals surface area (Å²) < 4.78 is 37.7. The van der Waals surface area contributed by atoms with E-state index in [1.165, 1.54) is 18.2 Å². The third-order valence-electron chi connectivity index (χ3n) is 3.26. The first-order chi connectivity index (χ1) is 9.79. The minimum absolute atomic E-state index is 0.158. The summed E-state index contributed by atoms with van der Waals surface area (Å²) in [6.45, 7) is 1.84. The summed E-state index contributed by atoms with van der Waals surface area (Å²) >= 11 is 0. The summed E-state index contributed by atoms with van der Waals surface area (Å²) in [4.78, 5) is 0. The Labute approximate surface area is 121 Å².